The first kappa shape index (κ1) is 15.0. The van der Waals surface area contributed by atoms with Gasteiger partial charge in [-0.3, -0.25) is 0 Å². The van der Waals surface area contributed by atoms with Gasteiger partial charge in [-0.05, 0) is 46.7 Å². The van der Waals surface area contributed by atoms with Gasteiger partial charge in [0.1, 0.15) is 11.2 Å². The molecule has 0 saturated carbocycles. The highest BCUT2D eigenvalue weighted by molar-refractivity contribution is 6.06. The molecule has 24 heavy (non-hydrogen) atoms. The fourth-order valence-electron chi connectivity index (χ4n) is 3.27. The van der Waals surface area contributed by atoms with Gasteiger partial charge in [-0.1, -0.05) is 69.3 Å². The summed E-state index contributed by atoms with van der Waals surface area (Å²) in [5.74, 6) is 1.24. The highest BCUT2D eigenvalue weighted by Crippen LogP contribution is 2.33. The maximum absolute atomic E-state index is 5.92. The van der Waals surface area contributed by atoms with E-state index in [1.54, 1.807) is 0 Å². The summed E-state index contributed by atoms with van der Waals surface area (Å²) < 4.78 is 5.92. The summed E-state index contributed by atoms with van der Waals surface area (Å²) in [6.07, 6.45) is 0. The van der Waals surface area contributed by atoms with Crippen LogP contribution in [-0.4, -0.2) is 0 Å². The van der Waals surface area contributed by atoms with E-state index in [0.717, 1.165) is 11.2 Å². The number of furan rings is 1. The zero-order valence-corrected chi connectivity index (χ0v) is 14.4. The number of rotatable bonds is 3. The van der Waals surface area contributed by atoms with Gasteiger partial charge in [-0.15, -0.1) is 0 Å². The Bertz CT molecular complexity index is 990. The van der Waals surface area contributed by atoms with Crippen LogP contribution in [0.3, 0.4) is 0 Å². The van der Waals surface area contributed by atoms with E-state index in [9.17, 15) is 0 Å². The summed E-state index contributed by atoms with van der Waals surface area (Å²) in [6.45, 7) is 6.84. The lowest BCUT2D eigenvalue weighted by Gasteiger charge is -2.16. The lowest BCUT2D eigenvalue weighted by molar-refractivity contribution is 0.535. The summed E-state index contributed by atoms with van der Waals surface area (Å²) >= 11 is 0. The molecule has 3 aromatic carbocycles. The first-order chi connectivity index (χ1) is 11.6. The van der Waals surface area contributed by atoms with Crippen LogP contribution in [-0.2, 0) is 0 Å². The van der Waals surface area contributed by atoms with E-state index in [-0.39, 0.29) is 0 Å². The second kappa shape index (κ2) is 5.83. The Hall–Kier alpha value is -2.54. The van der Waals surface area contributed by atoms with Crippen LogP contribution >= 0.6 is 0 Å². The molecule has 1 nitrogen and oxygen atoms in total. The Morgan fingerprint density at radius 2 is 1.33 bits per heavy atom. The van der Waals surface area contributed by atoms with E-state index in [1.165, 1.54) is 27.5 Å². The normalized spacial score (nSPS) is 13.0. The molecule has 0 N–H and O–H groups in total. The standard InChI is InChI=1S/C23H22O/c1-15(2)16(3)17-8-10-18(11-9-17)19-12-13-23-21(14-19)20-6-4-5-7-22(20)24-23/h4-16H,1-3H3. The maximum atomic E-state index is 5.92. The van der Waals surface area contributed by atoms with E-state index in [1.807, 2.05) is 12.1 Å². The molecule has 0 amide bonds. The zero-order valence-electron chi connectivity index (χ0n) is 14.4. The summed E-state index contributed by atoms with van der Waals surface area (Å²) in [5.41, 5.74) is 5.79. The van der Waals surface area contributed by atoms with Crippen molar-refractivity contribution in [3.05, 3.63) is 72.3 Å². The lowest BCUT2D eigenvalue weighted by atomic mass is 9.89. The van der Waals surface area contributed by atoms with Crippen LogP contribution in [0.15, 0.2) is 71.1 Å². The zero-order chi connectivity index (χ0) is 16.7. The number of fused-ring (bicyclic) bond motifs is 3. The maximum Gasteiger partial charge on any atom is 0.135 e. The molecule has 1 atom stereocenters. The van der Waals surface area contributed by atoms with Crippen molar-refractivity contribution in [1.29, 1.82) is 0 Å². The molecule has 0 aliphatic rings. The first-order valence-corrected chi connectivity index (χ1v) is 8.65. The van der Waals surface area contributed by atoms with Crippen LogP contribution in [0.2, 0.25) is 0 Å². The van der Waals surface area contributed by atoms with Crippen LogP contribution in [0.25, 0.3) is 33.1 Å². The molecule has 1 aromatic heterocycles. The minimum Gasteiger partial charge on any atom is -0.456 e. The van der Waals surface area contributed by atoms with Crippen LogP contribution in [0.1, 0.15) is 32.3 Å². The van der Waals surface area contributed by atoms with Gasteiger partial charge in [0.15, 0.2) is 0 Å². The molecule has 0 fully saturated rings. The molecule has 0 saturated heterocycles. The summed E-state index contributed by atoms with van der Waals surface area (Å²) in [7, 11) is 0. The molecule has 0 spiro atoms. The molecule has 0 aliphatic carbocycles. The second-order valence-electron chi connectivity index (χ2n) is 6.96. The van der Waals surface area contributed by atoms with Crippen molar-refractivity contribution in [3.8, 4) is 11.1 Å². The summed E-state index contributed by atoms with van der Waals surface area (Å²) in [5, 5.41) is 2.36. The second-order valence-corrected chi connectivity index (χ2v) is 6.96. The third-order valence-corrected chi connectivity index (χ3v) is 5.15. The van der Waals surface area contributed by atoms with Gasteiger partial charge in [0.05, 0.1) is 0 Å². The molecule has 1 unspecified atom stereocenters. The fraction of sp³-hybridized carbons (Fsp3) is 0.217. The Balaban J connectivity index is 1.77. The molecule has 120 valence electrons. The third-order valence-electron chi connectivity index (χ3n) is 5.15. The van der Waals surface area contributed by atoms with Crippen LogP contribution in [0.5, 0.6) is 0 Å². The largest absolute Gasteiger partial charge is 0.456 e. The van der Waals surface area contributed by atoms with Crippen molar-refractivity contribution in [2.75, 3.05) is 0 Å². The molecule has 4 aromatic rings. The van der Waals surface area contributed by atoms with Gasteiger partial charge in [0.2, 0.25) is 0 Å². The van der Waals surface area contributed by atoms with Crippen LogP contribution in [0, 0.1) is 5.92 Å². The predicted octanol–water partition coefficient (Wildman–Crippen LogP) is 7.01. The molecule has 0 aliphatic heterocycles. The lowest BCUT2D eigenvalue weighted by Crippen LogP contribution is -2.01. The van der Waals surface area contributed by atoms with E-state index in [0.29, 0.717) is 11.8 Å². The molecule has 0 bridgehead atoms. The molecular formula is C23H22O. The Morgan fingerprint density at radius 3 is 2.08 bits per heavy atom. The quantitative estimate of drug-likeness (QED) is 0.396. The highest BCUT2D eigenvalue weighted by atomic mass is 16.3. The minimum absolute atomic E-state index is 0.583. The first-order valence-electron chi connectivity index (χ1n) is 8.65. The topological polar surface area (TPSA) is 13.1 Å². The van der Waals surface area contributed by atoms with Crippen molar-refractivity contribution >= 4 is 21.9 Å². The van der Waals surface area contributed by atoms with Crippen molar-refractivity contribution < 1.29 is 4.42 Å². The predicted molar refractivity (Wildman–Crippen MR) is 102 cm³/mol. The molecular weight excluding hydrogens is 292 g/mol. The molecule has 4 rings (SSSR count). The van der Waals surface area contributed by atoms with Gasteiger partial charge in [0, 0.05) is 10.8 Å². The SMILES string of the molecule is CC(C)C(C)c1ccc(-c2ccc3oc4ccccc4c3c2)cc1. The monoisotopic (exact) mass is 314 g/mol. The third kappa shape index (κ3) is 2.50. The van der Waals surface area contributed by atoms with Gasteiger partial charge in [-0.2, -0.15) is 0 Å². The Morgan fingerprint density at radius 1 is 0.667 bits per heavy atom. The average molecular weight is 314 g/mol. The van der Waals surface area contributed by atoms with Crippen LogP contribution in [0.4, 0.5) is 0 Å². The minimum atomic E-state index is 0.583. The fourth-order valence-corrected chi connectivity index (χ4v) is 3.27. The van der Waals surface area contributed by atoms with E-state index in [4.69, 9.17) is 4.42 Å². The summed E-state index contributed by atoms with van der Waals surface area (Å²) in [6, 6.07) is 23.7. The summed E-state index contributed by atoms with van der Waals surface area (Å²) in [4.78, 5) is 0. The van der Waals surface area contributed by atoms with Crippen molar-refractivity contribution in [2.45, 2.75) is 26.7 Å². The van der Waals surface area contributed by atoms with E-state index >= 15 is 0 Å². The van der Waals surface area contributed by atoms with Crippen molar-refractivity contribution in [2.24, 2.45) is 5.92 Å². The van der Waals surface area contributed by atoms with Gasteiger partial charge < -0.3 is 4.42 Å². The molecule has 1 heteroatoms. The number of hydrogen-bond acceptors (Lipinski definition) is 1. The Labute approximate surface area is 142 Å². The van der Waals surface area contributed by atoms with Gasteiger partial charge in [-0.25, -0.2) is 0 Å². The van der Waals surface area contributed by atoms with Gasteiger partial charge in [0.25, 0.3) is 0 Å². The van der Waals surface area contributed by atoms with Crippen LogP contribution < -0.4 is 0 Å². The smallest absolute Gasteiger partial charge is 0.135 e. The number of hydrogen-bond donors (Lipinski definition) is 0. The van der Waals surface area contributed by atoms with E-state index < -0.39 is 0 Å². The van der Waals surface area contributed by atoms with E-state index in [2.05, 4.69) is 75.4 Å². The van der Waals surface area contributed by atoms with Crippen molar-refractivity contribution in [3.63, 3.8) is 0 Å². The van der Waals surface area contributed by atoms with Crippen molar-refractivity contribution in [1.82, 2.24) is 0 Å². The number of para-hydroxylation sites is 1. The molecule has 0 radical (unpaired) electrons. The molecule has 1 heterocycles. The van der Waals surface area contributed by atoms with Gasteiger partial charge >= 0.3 is 0 Å². The highest BCUT2D eigenvalue weighted by Gasteiger charge is 2.11. The average Bonchev–Trinajstić information content (AvgIpc) is 2.99. The Kier molecular flexibility index (Phi) is 3.65. The number of benzene rings is 3.